The van der Waals surface area contributed by atoms with Gasteiger partial charge in [0.2, 0.25) is 0 Å². The van der Waals surface area contributed by atoms with E-state index in [1.807, 2.05) is 43.3 Å². The van der Waals surface area contributed by atoms with Crippen molar-refractivity contribution in [2.24, 2.45) is 0 Å². The van der Waals surface area contributed by atoms with Gasteiger partial charge in [0.05, 0.1) is 5.39 Å². The lowest BCUT2D eigenvalue weighted by Gasteiger charge is -2.35. The van der Waals surface area contributed by atoms with Crippen LogP contribution in [0.5, 0.6) is 5.75 Å². The van der Waals surface area contributed by atoms with E-state index >= 15 is 0 Å². The molecule has 4 heteroatoms. The Morgan fingerprint density at radius 3 is 2.71 bits per heavy atom. The molecule has 3 aromatic rings. The van der Waals surface area contributed by atoms with Gasteiger partial charge in [0.15, 0.2) is 0 Å². The highest BCUT2D eigenvalue weighted by Crippen LogP contribution is 2.39. The van der Waals surface area contributed by atoms with Crippen LogP contribution in [0.3, 0.4) is 0 Å². The molecule has 0 amide bonds. The number of nitrogens with zero attached hydrogens (tertiary/aromatic N) is 1. The maximum atomic E-state index is 12.1. The summed E-state index contributed by atoms with van der Waals surface area (Å²) in [6.07, 6.45) is 4.82. The first kappa shape index (κ1) is 18.8. The first-order valence-electron chi connectivity index (χ1n) is 10.2. The van der Waals surface area contributed by atoms with Crippen LogP contribution < -0.4 is 5.63 Å². The zero-order valence-corrected chi connectivity index (χ0v) is 16.6. The Labute approximate surface area is 165 Å². The van der Waals surface area contributed by atoms with E-state index < -0.39 is 5.63 Å². The molecule has 4 nitrogen and oxygen atoms in total. The van der Waals surface area contributed by atoms with Crippen molar-refractivity contribution in [3.05, 3.63) is 64.0 Å². The number of phenols is 1. The third-order valence-corrected chi connectivity index (χ3v) is 6.00. The number of hydrogen-bond acceptors (Lipinski definition) is 4. The molecular formula is C24H27NO3. The molecule has 0 bridgehead atoms. The van der Waals surface area contributed by atoms with Gasteiger partial charge in [0.1, 0.15) is 11.3 Å². The number of piperidine rings is 1. The van der Waals surface area contributed by atoms with E-state index in [0.29, 0.717) is 17.0 Å². The van der Waals surface area contributed by atoms with Gasteiger partial charge >= 0.3 is 5.63 Å². The number of fused-ring (bicyclic) bond motifs is 1. The molecule has 1 aromatic heterocycles. The number of phenolic OH excluding ortho intramolecular Hbond substituents is 1. The van der Waals surface area contributed by atoms with E-state index in [4.69, 9.17) is 4.42 Å². The number of benzene rings is 2. The van der Waals surface area contributed by atoms with Gasteiger partial charge in [0.25, 0.3) is 0 Å². The van der Waals surface area contributed by atoms with Crippen LogP contribution in [0.25, 0.3) is 22.1 Å². The molecule has 0 saturated carbocycles. The van der Waals surface area contributed by atoms with E-state index in [2.05, 4.69) is 11.8 Å². The summed E-state index contributed by atoms with van der Waals surface area (Å²) >= 11 is 0. The number of aryl methyl sites for hydroxylation is 1. The van der Waals surface area contributed by atoms with Crippen molar-refractivity contribution in [1.29, 1.82) is 0 Å². The molecule has 2 heterocycles. The van der Waals surface area contributed by atoms with E-state index in [-0.39, 0.29) is 5.75 Å². The molecule has 0 radical (unpaired) electrons. The SMILES string of the molecule is CC[C@H]1CCCCN1Cc1c(C)cc2oc(=O)cc(-c3ccccc3)c2c1O. The van der Waals surface area contributed by atoms with Crippen LogP contribution >= 0.6 is 0 Å². The zero-order valence-electron chi connectivity index (χ0n) is 16.6. The zero-order chi connectivity index (χ0) is 19.7. The Morgan fingerprint density at radius 1 is 1.18 bits per heavy atom. The topological polar surface area (TPSA) is 53.7 Å². The first-order chi connectivity index (χ1) is 13.6. The van der Waals surface area contributed by atoms with Crippen molar-refractivity contribution in [2.45, 2.75) is 52.1 Å². The molecule has 28 heavy (non-hydrogen) atoms. The number of hydrogen-bond donors (Lipinski definition) is 1. The lowest BCUT2D eigenvalue weighted by atomic mass is 9.94. The fourth-order valence-corrected chi connectivity index (χ4v) is 4.46. The average molecular weight is 377 g/mol. The second kappa shape index (κ2) is 7.80. The lowest BCUT2D eigenvalue weighted by Crippen LogP contribution is -2.38. The molecule has 146 valence electrons. The molecule has 1 N–H and O–H groups in total. The second-order valence-electron chi connectivity index (χ2n) is 7.77. The van der Waals surface area contributed by atoms with Gasteiger partial charge < -0.3 is 9.52 Å². The van der Waals surface area contributed by atoms with Gasteiger partial charge in [-0.3, -0.25) is 4.90 Å². The maximum absolute atomic E-state index is 12.1. The van der Waals surface area contributed by atoms with Gasteiger partial charge in [-0.15, -0.1) is 0 Å². The third kappa shape index (κ3) is 3.45. The summed E-state index contributed by atoms with van der Waals surface area (Å²) in [4.78, 5) is 14.6. The Kier molecular flexibility index (Phi) is 5.23. The van der Waals surface area contributed by atoms with Crippen LogP contribution in [0, 0.1) is 6.92 Å². The minimum atomic E-state index is -0.403. The van der Waals surface area contributed by atoms with Gasteiger partial charge in [-0.05, 0) is 49.9 Å². The minimum Gasteiger partial charge on any atom is -0.507 e. The summed E-state index contributed by atoms with van der Waals surface area (Å²) in [5.41, 5.74) is 3.54. The summed E-state index contributed by atoms with van der Waals surface area (Å²) in [5.74, 6) is 0.234. The largest absolute Gasteiger partial charge is 0.507 e. The highest BCUT2D eigenvalue weighted by molar-refractivity contribution is 5.98. The predicted molar refractivity (Wildman–Crippen MR) is 113 cm³/mol. The van der Waals surface area contributed by atoms with Gasteiger partial charge in [-0.1, -0.05) is 43.7 Å². The van der Waals surface area contributed by atoms with Crippen LogP contribution in [0.1, 0.15) is 43.7 Å². The molecule has 1 fully saturated rings. The molecule has 0 spiro atoms. The molecule has 1 aliphatic heterocycles. The molecule has 4 rings (SSSR count). The average Bonchev–Trinajstić information content (AvgIpc) is 2.71. The monoisotopic (exact) mass is 377 g/mol. The number of aromatic hydroxyl groups is 1. The molecular weight excluding hydrogens is 350 g/mol. The quantitative estimate of drug-likeness (QED) is 0.632. The van der Waals surface area contributed by atoms with E-state index in [1.54, 1.807) is 0 Å². The standard InChI is InChI=1S/C24H27NO3/c1-3-18-11-7-8-12-25(18)15-20-16(2)13-21-23(24(20)27)19(14-22(26)28-21)17-9-5-4-6-10-17/h4-6,9-10,13-14,18,27H,3,7-8,11-12,15H2,1-2H3/t18-/m0/s1. The minimum absolute atomic E-state index is 0.234. The van der Waals surface area contributed by atoms with E-state index in [9.17, 15) is 9.90 Å². The van der Waals surface area contributed by atoms with Crippen molar-refractivity contribution in [3.63, 3.8) is 0 Å². The van der Waals surface area contributed by atoms with E-state index in [0.717, 1.165) is 41.8 Å². The summed E-state index contributed by atoms with van der Waals surface area (Å²) < 4.78 is 5.44. The van der Waals surface area contributed by atoms with Crippen LogP contribution in [-0.2, 0) is 6.54 Å². The van der Waals surface area contributed by atoms with Crippen LogP contribution in [0.4, 0.5) is 0 Å². The highest BCUT2D eigenvalue weighted by atomic mass is 16.4. The van der Waals surface area contributed by atoms with Gasteiger partial charge in [-0.25, -0.2) is 4.79 Å². The Bertz CT molecular complexity index is 1040. The molecule has 1 aliphatic rings. The first-order valence-corrected chi connectivity index (χ1v) is 10.2. The Balaban J connectivity index is 1.87. The fraction of sp³-hybridized carbons (Fsp3) is 0.375. The Hall–Kier alpha value is -2.59. The lowest BCUT2D eigenvalue weighted by molar-refractivity contribution is 0.135. The number of rotatable bonds is 4. The predicted octanol–water partition coefficient (Wildman–Crippen LogP) is 5.24. The molecule has 1 saturated heterocycles. The fourth-order valence-electron chi connectivity index (χ4n) is 4.46. The van der Waals surface area contributed by atoms with Crippen molar-refractivity contribution < 1.29 is 9.52 Å². The van der Waals surface area contributed by atoms with Crippen molar-refractivity contribution >= 4 is 11.0 Å². The second-order valence-corrected chi connectivity index (χ2v) is 7.77. The molecule has 0 aliphatic carbocycles. The summed E-state index contributed by atoms with van der Waals surface area (Å²) in [5, 5.41) is 11.9. The Morgan fingerprint density at radius 2 is 1.96 bits per heavy atom. The summed E-state index contributed by atoms with van der Waals surface area (Å²) in [6.45, 7) is 6.00. The smallest absolute Gasteiger partial charge is 0.336 e. The van der Waals surface area contributed by atoms with Crippen LogP contribution in [-0.4, -0.2) is 22.6 Å². The van der Waals surface area contributed by atoms with Crippen molar-refractivity contribution in [1.82, 2.24) is 4.90 Å². The van der Waals surface area contributed by atoms with Crippen molar-refractivity contribution in [2.75, 3.05) is 6.54 Å². The van der Waals surface area contributed by atoms with Gasteiger partial charge in [-0.2, -0.15) is 0 Å². The van der Waals surface area contributed by atoms with Crippen molar-refractivity contribution in [3.8, 4) is 16.9 Å². The van der Waals surface area contributed by atoms with Gasteiger partial charge in [0, 0.05) is 29.8 Å². The third-order valence-electron chi connectivity index (χ3n) is 6.00. The van der Waals surface area contributed by atoms with Crippen LogP contribution in [0.2, 0.25) is 0 Å². The molecule has 1 atom stereocenters. The number of likely N-dealkylation sites (tertiary alicyclic amines) is 1. The molecule has 2 aromatic carbocycles. The van der Waals surface area contributed by atoms with Crippen LogP contribution in [0.15, 0.2) is 51.7 Å². The maximum Gasteiger partial charge on any atom is 0.336 e. The highest BCUT2D eigenvalue weighted by Gasteiger charge is 2.24. The molecule has 0 unspecified atom stereocenters. The summed E-state index contributed by atoms with van der Waals surface area (Å²) in [6, 6.07) is 13.6. The summed E-state index contributed by atoms with van der Waals surface area (Å²) in [7, 11) is 0. The van der Waals surface area contributed by atoms with E-state index in [1.165, 1.54) is 25.3 Å². The normalized spacial score (nSPS) is 17.9.